The molecular formula is C12H22N4. The van der Waals surface area contributed by atoms with Crippen LogP contribution in [0.5, 0.6) is 0 Å². The maximum atomic E-state index is 5.84. The van der Waals surface area contributed by atoms with E-state index in [0.717, 1.165) is 5.69 Å². The van der Waals surface area contributed by atoms with E-state index in [-0.39, 0.29) is 6.04 Å². The van der Waals surface area contributed by atoms with Crippen molar-refractivity contribution >= 4 is 0 Å². The fourth-order valence-corrected chi connectivity index (χ4v) is 1.92. The zero-order valence-electron chi connectivity index (χ0n) is 10.4. The quantitative estimate of drug-likeness (QED) is 0.794. The van der Waals surface area contributed by atoms with Gasteiger partial charge in [0.05, 0.1) is 11.7 Å². The highest BCUT2D eigenvalue weighted by Gasteiger charge is 2.20. The summed E-state index contributed by atoms with van der Waals surface area (Å²) in [5.74, 6) is 0. The predicted octanol–water partition coefficient (Wildman–Crippen LogP) is 1.60. The van der Waals surface area contributed by atoms with Crippen LogP contribution in [-0.2, 0) is 0 Å². The van der Waals surface area contributed by atoms with Crippen LogP contribution >= 0.6 is 0 Å². The summed E-state index contributed by atoms with van der Waals surface area (Å²) in [5, 5.41) is 0. The summed E-state index contributed by atoms with van der Waals surface area (Å²) in [6.07, 6.45) is 5.71. The van der Waals surface area contributed by atoms with E-state index >= 15 is 0 Å². The lowest BCUT2D eigenvalue weighted by Crippen LogP contribution is -2.37. The maximum Gasteiger partial charge on any atom is 0.115 e. The molecule has 0 amide bonds. The Kier molecular flexibility index (Phi) is 5.35. The van der Waals surface area contributed by atoms with Gasteiger partial charge in [0.2, 0.25) is 0 Å². The van der Waals surface area contributed by atoms with Crippen molar-refractivity contribution in [3.8, 4) is 0 Å². The summed E-state index contributed by atoms with van der Waals surface area (Å²) >= 11 is 0. The fraction of sp³-hybridized carbons (Fsp3) is 0.667. The molecule has 16 heavy (non-hydrogen) atoms. The molecule has 0 saturated heterocycles. The molecule has 4 heteroatoms. The third-order valence-corrected chi connectivity index (χ3v) is 3.06. The summed E-state index contributed by atoms with van der Waals surface area (Å²) in [6.45, 7) is 5.02. The van der Waals surface area contributed by atoms with E-state index in [1.54, 1.807) is 12.5 Å². The summed E-state index contributed by atoms with van der Waals surface area (Å²) < 4.78 is 0. The number of hydrogen-bond donors (Lipinski definition) is 1. The Hall–Kier alpha value is -1.00. The first-order valence-corrected chi connectivity index (χ1v) is 5.88. The van der Waals surface area contributed by atoms with E-state index in [0.29, 0.717) is 12.6 Å². The molecule has 1 aromatic rings. The van der Waals surface area contributed by atoms with E-state index in [1.807, 2.05) is 6.07 Å². The van der Waals surface area contributed by atoms with Crippen molar-refractivity contribution in [3.63, 3.8) is 0 Å². The van der Waals surface area contributed by atoms with Gasteiger partial charge in [0, 0.05) is 18.8 Å². The van der Waals surface area contributed by atoms with E-state index in [2.05, 4.69) is 35.8 Å². The van der Waals surface area contributed by atoms with Crippen molar-refractivity contribution in [1.29, 1.82) is 0 Å². The molecule has 90 valence electrons. The van der Waals surface area contributed by atoms with Crippen LogP contribution in [0.25, 0.3) is 0 Å². The number of nitrogens with zero attached hydrogens (tertiary/aromatic N) is 3. The van der Waals surface area contributed by atoms with Crippen molar-refractivity contribution in [3.05, 3.63) is 24.3 Å². The highest BCUT2D eigenvalue weighted by Crippen LogP contribution is 2.19. The minimum absolute atomic E-state index is 0.185. The Bertz CT molecular complexity index is 288. The number of nitrogens with two attached hydrogens (primary N) is 1. The molecule has 0 aromatic carbocycles. The Morgan fingerprint density at radius 3 is 2.75 bits per heavy atom. The topological polar surface area (TPSA) is 55.0 Å². The summed E-state index contributed by atoms with van der Waals surface area (Å²) in [6, 6.07) is 2.64. The van der Waals surface area contributed by atoms with Gasteiger partial charge in [0.15, 0.2) is 0 Å². The minimum Gasteiger partial charge on any atom is -0.329 e. The molecule has 0 aliphatic carbocycles. The first-order valence-electron chi connectivity index (χ1n) is 5.88. The van der Waals surface area contributed by atoms with Crippen LogP contribution in [0.2, 0.25) is 0 Å². The highest BCUT2D eigenvalue weighted by atomic mass is 15.2. The highest BCUT2D eigenvalue weighted by molar-refractivity contribution is 5.05. The van der Waals surface area contributed by atoms with Crippen molar-refractivity contribution in [2.24, 2.45) is 5.73 Å². The van der Waals surface area contributed by atoms with Gasteiger partial charge in [0.1, 0.15) is 6.33 Å². The van der Waals surface area contributed by atoms with Gasteiger partial charge in [-0.15, -0.1) is 0 Å². The molecule has 0 aliphatic heterocycles. The van der Waals surface area contributed by atoms with Gasteiger partial charge in [0.25, 0.3) is 0 Å². The normalized spacial score (nSPS) is 15.1. The second-order valence-corrected chi connectivity index (χ2v) is 4.19. The number of rotatable bonds is 6. The molecular weight excluding hydrogens is 200 g/mol. The lowest BCUT2D eigenvalue weighted by Gasteiger charge is -2.31. The molecule has 0 saturated carbocycles. The van der Waals surface area contributed by atoms with Crippen molar-refractivity contribution in [2.75, 3.05) is 13.6 Å². The standard InChI is InChI=1S/C12H22N4/c1-4-5-10(2)16(3)12(8-13)11-6-7-14-9-15-11/h6-7,9-10,12H,4-5,8,13H2,1-3H3. The molecule has 0 bridgehead atoms. The largest absolute Gasteiger partial charge is 0.329 e. The zero-order chi connectivity index (χ0) is 12.0. The van der Waals surface area contributed by atoms with Crippen LogP contribution in [-0.4, -0.2) is 34.5 Å². The Labute approximate surface area is 97.9 Å². The molecule has 1 rings (SSSR count). The summed E-state index contributed by atoms with van der Waals surface area (Å²) in [5.41, 5.74) is 6.84. The van der Waals surface area contributed by atoms with Gasteiger partial charge in [-0.05, 0) is 26.5 Å². The first kappa shape index (κ1) is 13.1. The second-order valence-electron chi connectivity index (χ2n) is 4.19. The Balaban J connectivity index is 2.74. The van der Waals surface area contributed by atoms with Gasteiger partial charge in [-0.2, -0.15) is 0 Å². The molecule has 1 aromatic heterocycles. The number of aromatic nitrogens is 2. The monoisotopic (exact) mass is 222 g/mol. The van der Waals surface area contributed by atoms with Gasteiger partial charge in [-0.3, -0.25) is 4.90 Å². The third kappa shape index (κ3) is 3.25. The minimum atomic E-state index is 0.185. The summed E-state index contributed by atoms with van der Waals surface area (Å²) in [7, 11) is 2.11. The smallest absolute Gasteiger partial charge is 0.115 e. The van der Waals surface area contributed by atoms with Crippen LogP contribution < -0.4 is 5.73 Å². The van der Waals surface area contributed by atoms with Crippen molar-refractivity contribution < 1.29 is 0 Å². The number of likely N-dealkylation sites (N-methyl/N-ethyl adjacent to an activating group) is 1. The lowest BCUT2D eigenvalue weighted by molar-refractivity contribution is 0.176. The molecule has 0 spiro atoms. The van der Waals surface area contributed by atoms with Gasteiger partial charge in [-0.1, -0.05) is 13.3 Å². The molecule has 2 unspecified atom stereocenters. The van der Waals surface area contributed by atoms with E-state index < -0.39 is 0 Å². The average Bonchev–Trinajstić information content (AvgIpc) is 2.31. The fourth-order valence-electron chi connectivity index (χ4n) is 1.92. The predicted molar refractivity (Wildman–Crippen MR) is 66.0 cm³/mol. The Morgan fingerprint density at radius 1 is 1.50 bits per heavy atom. The average molecular weight is 222 g/mol. The van der Waals surface area contributed by atoms with Gasteiger partial charge < -0.3 is 5.73 Å². The summed E-state index contributed by atoms with van der Waals surface area (Å²) in [4.78, 5) is 10.5. The zero-order valence-corrected chi connectivity index (χ0v) is 10.4. The van der Waals surface area contributed by atoms with Crippen LogP contribution in [0, 0.1) is 0 Å². The SMILES string of the molecule is CCCC(C)N(C)C(CN)c1ccncn1. The molecule has 2 atom stereocenters. The van der Waals surface area contributed by atoms with Gasteiger partial charge in [-0.25, -0.2) is 9.97 Å². The molecule has 0 aliphatic rings. The van der Waals surface area contributed by atoms with E-state index in [9.17, 15) is 0 Å². The van der Waals surface area contributed by atoms with Gasteiger partial charge >= 0.3 is 0 Å². The number of hydrogen-bond acceptors (Lipinski definition) is 4. The molecule has 4 nitrogen and oxygen atoms in total. The van der Waals surface area contributed by atoms with E-state index in [1.165, 1.54) is 12.8 Å². The Morgan fingerprint density at radius 2 is 2.25 bits per heavy atom. The van der Waals surface area contributed by atoms with Crippen LogP contribution in [0.15, 0.2) is 18.6 Å². The third-order valence-electron chi connectivity index (χ3n) is 3.06. The van der Waals surface area contributed by atoms with Crippen LogP contribution in [0.1, 0.15) is 38.4 Å². The molecule has 2 N–H and O–H groups in total. The maximum absolute atomic E-state index is 5.84. The van der Waals surface area contributed by atoms with Crippen LogP contribution in [0.4, 0.5) is 0 Å². The first-order chi connectivity index (χ1) is 7.70. The second kappa shape index (κ2) is 6.55. The lowest BCUT2D eigenvalue weighted by atomic mass is 10.1. The molecule has 1 heterocycles. The molecule has 0 radical (unpaired) electrons. The van der Waals surface area contributed by atoms with Crippen molar-refractivity contribution in [2.45, 2.75) is 38.8 Å². The van der Waals surface area contributed by atoms with E-state index in [4.69, 9.17) is 5.73 Å². The molecule has 0 fully saturated rings. The van der Waals surface area contributed by atoms with Crippen LogP contribution in [0.3, 0.4) is 0 Å². The van der Waals surface area contributed by atoms with Crippen molar-refractivity contribution in [1.82, 2.24) is 14.9 Å².